The first kappa shape index (κ1) is 16.1. The number of allylic oxidation sites excluding steroid dienone is 2. The van der Waals surface area contributed by atoms with E-state index in [0.29, 0.717) is 23.7 Å². The van der Waals surface area contributed by atoms with E-state index in [1.165, 1.54) is 0 Å². The fourth-order valence-electron chi connectivity index (χ4n) is 2.42. The van der Waals surface area contributed by atoms with Crippen LogP contribution < -0.4 is 16.0 Å². The summed E-state index contributed by atoms with van der Waals surface area (Å²) in [5, 5.41) is 8.38. The van der Waals surface area contributed by atoms with Gasteiger partial charge < -0.3 is 16.0 Å². The van der Waals surface area contributed by atoms with Gasteiger partial charge in [-0.1, -0.05) is 18.2 Å². The van der Waals surface area contributed by atoms with E-state index in [2.05, 4.69) is 28.1 Å². The lowest BCUT2D eigenvalue weighted by Gasteiger charge is -2.12. The maximum atomic E-state index is 12.0. The summed E-state index contributed by atoms with van der Waals surface area (Å²) in [4.78, 5) is 23.7. The molecular weight excluding hydrogens is 278 g/mol. The van der Waals surface area contributed by atoms with Gasteiger partial charge in [0.25, 0.3) is 0 Å². The molecule has 0 aromatic heterocycles. The van der Waals surface area contributed by atoms with Crippen molar-refractivity contribution in [2.24, 2.45) is 5.92 Å². The Morgan fingerprint density at radius 3 is 2.59 bits per heavy atom. The number of hydrogen-bond acceptors (Lipinski definition) is 2. The molecule has 1 aromatic carbocycles. The Bertz CT molecular complexity index is 567. The van der Waals surface area contributed by atoms with Gasteiger partial charge >= 0.3 is 6.03 Å². The van der Waals surface area contributed by atoms with E-state index in [1.54, 1.807) is 18.2 Å². The average molecular weight is 301 g/mol. The van der Waals surface area contributed by atoms with Crippen LogP contribution in [0.15, 0.2) is 36.4 Å². The summed E-state index contributed by atoms with van der Waals surface area (Å²) in [6, 6.07) is 6.97. The number of anilines is 2. The number of amides is 3. The van der Waals surface area contributed by atoms with E-state index < -0.39 is 0 Å². The number of carbonyl (C=O) groups is 2. The van der Waals surface area contributed by atoms with Crippen molar-refractivity contribution < 1.29 is 9.59 Å². The van der Waals surface area contributed by atoms with Gasteiger partial charge in [0.1, 0.15) is 0 Å². The summed E-state index contributed by atoms with van der Waals surface area (Å²) < 4.78 is 0. The Kier molecular flexibility index (Phi) is 5.58. The molecule has 0 fully saturated rings. The molecule has 0 radical (unpaired) electrons. The van der Waals surface area contributed by atoms with E-state index in [4.69, 9.17) is 0 Å². The maximum absolute atomic E-state index is 12.0. The predicted molar refractivity (Wildman–Crippen MR) is 88.8 cm³/mol. The molecule has 1 aromatic rings. The highest BCUT2D eigenvalue weighted by Crippen LogP contribution is 2.21. The van der Waals surface area contributed by atoms with Crippen LogP contribution in [0, 0.1) is 5.92 Å². The first-order valence-corrected chi connectivity index (χ1v) is 7.67. The fraction of sp³-hybridized carbons (Fsp3) is 0.412. The average Bonchev–Trinajstić information content (AvgIpc) is 2.90. The molecule has 3 N–H and O–H groups in total. The predicted octanol–water partition coefficient (Wildman–Crippen LogP) is 3.51. The van der Waals surface area contributed by atoms with Gasteiger partial charge in [0, 0.05) is 23.8 Å². The van der Waals surface area contributed by atoms with Crippen molar-refractivity contribution in [1.82, 2.24) is 5.32 Å². The minimum absolute atomic E-state index is 0.000307. The molecule has 2 rings (SSSR count). The third kappa shape index (κ3) is 5.24. The smallest absolute Gasteiger partial charge is 0.319 e. The Balaban J connectivity index is 1.88. The van der Waals surface area contributed by atoms with Crippen LogP contribution in [-0.4, -0.2) is 18.0 Å². The van der Waals surface area contributed by atoms with E-state index >= 15 is 0 Å². The van der Waals surface area contributed by atoms with Crippen molar-refractivity contribution in [1.29, 1.82) is 0 Å². The van der Waals surface area contributed by atoms with Crippen LogP contribution in [0.1, 0.15) is 33.1 Å². The third-order valence-corrected chi connectivity index (χ3v) is 3.38. The zero-order valence-electron chi connectivity index (χ0n) is 13.1. The molecule has 0 bridgehead atoms. The standard InChI is InChI=1S/C17H23N3O2/c1-12(2)18-17(22)20-15-9-5-8-14(11-15)19-16(21)10-13-6-3-4-7-13/h3,5-6,8-9,11-13H,4,7,10H2,1-2H3,(H,19,21)(H2,18,20,22). The molecule has 118 valence electrons. The Morgan fingerprint density at radius 2 is 1.95 bits per heavy atom. The van der Waals surface area contributed by atoms with Crippen molar-refractivity contribution in [3.05, 3.63) is 36.4 Å². The summed E-state index contributed by atoms with van der Waals surface area (Å²) in [5.41, 5.74) is 1.34. The van der Waals surface area contributed by atoms with Gasteiger partial charge in [0.05, 0.1) is 0 Å². The SMILES string of the molecule is CC(C)NC(=O)Nc1cccc(NC(=O)CC2C=CCC2)c1. The minimum atomic E-state index is -0.255. The van der Waals surface area contributed by atoms with Crippen LogP contribution >= 0.6 is 0 Å². The summed E-state index contributed by atoms with van der Waals surface area (Å²) in [5.74, 6) is 0.346. The molecule has 1 atom stereocenters. The van der Waals surface area contributed by atoms with Crippen LogP contribution in [0.3, 0.4) is 0 Å². The second-order valence-corrected chi connectivity index (χ2v) is 5.85. The van der Waals surface area contributed by atoms with Gasteiger partial charge in [-0.2, -0.15) is 0 Å². The number of hydrogen-bond donors (Lipinski definition) is 3. The number of rotatable bonds is 5. The van der Waals surface area contributed by atoms with Crippen molar-refractivity contribution in [3.8, 4) is 0 Å². The summed E-state index contributed by atoms with van der Waals surface area (Å²) in [6.07, 6.45) is 6.83. The van der Waals surface area contributed by atoms with Gasteiger partial charge in [-0.3, -0.25) is 4.79 Å². The maximum Gasteiger partial charge on any atom is 0.319 e. The zero-order chi connectivity index (χ0) is 15.9. The molecule has 3 amide bonds. The molecule has 22 heavy (non-hydrogen) atoms. The summed E-state index contributed by atoms with van der Waals surface area (Å²) >= 11 is 0. The van der Waals surface area contributed by atoms with Crippen molar-refractivity contribution in [3.63, 3.8) is 0 Å². The Morgan fingerprint density at radius 1 is 1.23 bits per heavy atom. The van der Waals surface area contributed by atoms with Crippen LogP contribution in [0.25, 0.3) is 0 Å². The van der Waals surface area contributed by atoms with E-state index in [1.807, 2.05) is 19.9 Å². The lowest BCUT2D eigenvalue weighted by molar-refractivity contribution is -0.116. The molecule has 0 saturated carbocycles. The van der Waals surface area contributed by atoms with Crippen molar-refractivity contribution in [2.75, 3.05) is 10.6 Å². The lowest BCUT2D eigenvalue weighted by atomic mass is 10.1. The van der Waals surface area contributed by atoms with E-state index in [9.17, 15) is 9.59 Å². The van der Waals surface area contributed by atoms with Crippen LogP contribution in [0.5, 0.6) is 0 Å². The lowest BCUT2D eigenvalue weighted by Crippen LogP contribution is -2.34. The van der Waals surface area contributed by atoms with Crippen LogP contribution in [-0.2, 0) is 4.79 Å². The highest BCUT2D eigenvalue weighted by molar-refractivity contribution is 5.93. The largest absolute Gasteiger partial charge is 0.336 e. The van der Waals surface area contributed by atoms with E-state index in [-0.39, 0.29) is 18.0 Å². The second-order valence-electron chi connectivity index (χ2n) is 5.85. The second kappa shape index (κ2) is 7.64. The molecule has 0 saturated heterocycles. The molecule has 0 aliphatic heterocycles. The van der Waals surface area contributed by atoms with Gasteiger partial charge in [-0.25, -0.2) is 4.79 Å². The molecule has 1 unspecified atom stereocenters. The molecule has 5 heteroatoms. The van der Waals surface area contributed by atoms with Crippen molar-refractivity contribution >= 4 is 23.3 Å². The normalized spacial score (nSPS) is 16.6. The molecule has 5 nitrogen and oxygen atoms in total. The number of urea groups is 1. The monoisotopic (exact) mass is 301 g/mol. The van der Waals surface area contributed by atoms with Gasteiger partial charge in [-0.05, 0) is 50.8 Å². The molecule has 0 spiro atoms. The highest BCUT2D eigenvalue weighted by Gasteiger charge is 2.14. The number of benzene rings is 1. The molecule has 1 aliphatic carbocycles. The molecule has 0 heterocycles. The number of nitrogens with one attached hydrogen (secondary N) is 3. The quantitative estimate of drug-likeness (QED) is 0.728. The first-order chi connectivity index (χ1) is 10.5. The Hall–Kier alpha value is -2.30. The van der Waals surface area contributed by atoms with Crippen LogP contribution in [0.4, 0.5) is 16.2 Å². The highest BCUT2D eigenvalue weighted by atomic mass is 16.2. The first-order valence-electron chi connectivity index (χ1n) is 7.67. The third-order valence-electron chi connectivity index (χ3n) is 3.38. The van der Waals surface area contributed by atoms with Crippen LogP contribution in [0.2, 0.25) is 0 Å². The van der Waals surface area contributed by atoms with E-state index in [0.717, 1.165) is 12.8 Å². The molecule has 1 aliphatic rings. The topological polar surface area (TPSA) is 70.2 Å². The summed E-state index contributed by atoms with van der Waals surface area (Å²) in [6.45, 7) is 3.79. The van der Waals surface area contributed by atoms with Crippen molar-refractivity contribution in [2.45, 2.75) is 39.2 Å². The van der Waals surface area contributed by atoms with Gasteiger partial charge in [0.2, 0.25) is 5.91 Å². The summed E-state index contributed by atoms with van der Waals surface area (Å²) in [7, 11) is 0. The Labute approximate surface area is 131 Å². The molecular formula is C17H23N3O2. The minimum Gasteiger partial charge on any atom is -0.336 e. The van der Waals surface area contributed by atoms with Gasteiger partial charge in [-0.15, -0.1) is 0 Å². The fourth-order valence-corrected chi connectivity index (χ4v) is 2.42. The number of carbonyl (C=O) groups excluding carboxylic acids is 2. The van der Waals surface area contributed by atoms with Gasteiger partial charge in [0.15, 0.2) is 0 Å². The zero-order valence-corrected chi connectivity index (χ0v) is 13.1.